The molecule has 2 aromatic rings. The number of pyridine rings is 1. The Labute approximate surface area is 97.9 Å². The molecule has 94 valence electrons. The summed E-state index contributed by atoms with van der Waals surface area (Å²) in [5.74, 6) is -1.66. The Bertz CT molecular complexity index is 592. The fraction of sp³-hybridized carbons (Fsp3) is 0.100. The highest BCUT2D eigenvalue weighted by atomic mass is 19.4. The molecule has 0 aliphatic heterocycles. The summed E-state index contributed by atoms with van der Waals surface area (Å²) in [6, 6.07) is 2.00. The van der Waals surface area contributed by atoms with Crippen molar-refractivity contribution in [3.8, 4) is 11.3 Å². The van der Waals surface area contributed by atoms with Gasteiger partial charge in [0.25, 0.3) is 0 Å². The molecule has 5 nitrogen and oxygen atoms in total. The number of carboxylic acids is 1. The van der Waals surface area contributed by atoms with Gasteiger partial charge in [-0.2, -0.15) is 13.2 Å². The lowest BCUT2D eigenvalue weighted by atomic mass is 10.1. The van der Waals surface area contributed by atoms with Crippen LogP contribution in [0.25, 0.3) is 11.3 Å². The van der Waals surface area contributed by atoms with Crippen molar-refractivity contribution in [1.29, 1.82) is 0 Å². The van der Waals surface area contributed by atoms with Crippen LogP contribution in [0.2, 0.25) is 0 Å². The fourth-order valence-corrected chi connectivity index (χ4v) is 1.34. The topological polar surface area (TPSA) is 76.2 Å². The molecule has 2 rings (SSSR count). The van der Waals surface area contributed by atoms with Crippen molar-refractivity contribution in [3.63, 3.8) is 0 Å². The van der Waals surface area contributed by atoms with Crippen molar-refractivity contribution >= 4 is 5.97 Å². The molecule has 0 aliphatic carbocycles. The maximum Gasteiger partial charge on any atom is 0.418 e. The first-order valence-electron chi connectivity index (χ1n) is 4.61. The average molecular weight is 258 g/mol. The van der Waals surface area contributed by atoms with Gasteiger partial charge in [-0.15, -0.1) is 0 Å². The van der Waals surface area contributed by atoms with Gasteiger partial charge in [-0.05, 0) is 6.07 Å². The quantitative estimate of drug-likeness (QED) is 0.895. The number of hydrogen-bond acceptors (Lipinski definition) is 4. The van der Waals surface area contributed by atoms with Crippen molar-refractivity contribution < 1.29 is 27.6 Å². The molecule has 0 aliphatic rings. The molecule has 0 radical (unpaired) electrons. The third-order valence-corrected chi connectivity index (χ3v) is 2.12. The summed E-state index contributed by atoms with van der Waals surface area (Å²) in [6.45, 7) is 0. The summed E-state index contributed by atoms with van der Waals surface area (Å²) < 4.78 is 42.6. The molecule has 2 heterocycles. The van der Waals surface area contributed by atoms with E-state index in [4.69, 9.17) is 5.11 Å². The molecule has 1 N–H and O–H groups in total. The van der Waals surface area contributed by atoms with Gasteiger partial charge in [0, 0.05) is 24.0 Å². The molecule has 2 aromatic heterocycles. The Morgan fingerprint density at radius 1 is 1.39 bits per heavy atom. The van der Waals surface area contributed by atoms with Crippen molar-refractivity contribution in [2.24, 2.45) is 0 Å². The molecule has 0 saturated carbocycles. The van der Waals surface area contributed by atoms with Crippen LogP contribution in [0.1, 0.15) is 16.1 Å². The molecular formula is C10H5F3N2O3. The second-order valence-corrected chi connectivity index (χ2v) is 3.30. The van der Waals surface area contributed by atoms with Gasteiger partial charge in [0.05, 0.1) is 5.56 Å². The molecule has 0 aromatic carbocycles. The van der Waals surface area contributed by atoms with Crippen LogP contribution in [0.5, 0.6) is 0 Å². The number of hydrogen-bond donors (Lipinski definition) is 1. The molecule has 0 spiro atoms. The molecule has 0 saturated heterocycles. The molecule has 0 fully saturated rings. The molecule has 0 unspecified atom stereocenters. The largest absolute Gasteiger partial charge is 0.476 e. The number of carbonyl (C=O) groups is 1. The number of aromatic nitrogens is 2. The lowest BCUT2D eigenvalue weighted by Gasteiger charge is -2.09. The number of rotatable bonds is 2. The number of halogens is 3. The van der Waals surface area contributed by atoms with E-state index in [2.05, 4.69) is 14.7 Å². The Hall–Kier alpha value is -2.38. The minimum Gasteiger partial charge on any atom is -0.476 e. The van der Waals surface area contributed by atoms with Crippen LogP contribution < -0.4 is 0 Å². The highest BCUT2D eigenvalue weighted by Crippen LogP contribution is 2.36. The van der Waals surface area contributed by atoms with Gasteiger partial charge in [0.15, 0.2) is 11.5 Å². The SMILES string of the molecule is O=C(O)c1cc(-c2ccncc2C(F)(F)F)on1. The predicted molar refractivity (Wildman–Crippen MR) is 51.7 cm³/mol. The van der Waals surface area contributed by atoms with E-state index in [1.807, 2.05) is 0 Å². The predicted octanol–water partition coefficient (Wildman–Crippen LogP) is 2.45. The third-order valence-electron chi connectivity index (χ3n) is 2.12. The van der Waals surface area contributed by atoms with E-state index in [0.717, 1.165) is 18.3 Å². The fourth-order valence-electron chi connectivity index (χ4n) is 1.34. The first-order valence-corrected chi connectivity index (χ1v) is 4.61. The molecule has 0 amide bonds. The monoisotopic (exact) mass is 258 g/mol. The summed E-state index contributed by atoms with van der Waals surface area (Å²) in [5.41, 5.74) is -1.79. The summed E-state index contributed by atoms with van der Waals surface area (Å²) in [6.07, 6.45) is -2.83. The number of alkyl halides is 3. The maximum absolute atomic E-state index is 12.7. The van der Waals surface area contributed by atoms with Crippen molar-refractivity contribution in [3.05, 3.63) is 35.8 Å². The molecule has 18 heavy (non-hydrogen) atoms. The van der Waals surface area contributed by atoms with Gasteiger partial charge in [0.1, 0.15) is 0 Å². The molecule has 0 atom stereocenters. The minimum atomic E-state index is -4.61. The zero-order valence-electron chi connectivity index (χ0n) is 8.60. The van der Waals surface area contributed by atoms with Gasteiger partial charge in [-0.25, -0.2) is 4.79 Å². The van der Waals surface area contributed by atoms with E-state index in [1.54, 1.807) is 0 Å². The van der Waals surface area contributed by atoms with E-state index in [0.29, 0.717) is 6.20 Å². The number of carboxylic acid groups (broad SMARTS) is 1. The summed E-state index contributed by atoms with van der Waals surface area (Å²) in [4.78, 5) is 14.0. The highest BCUT2D eigenvalue weighted by Gasteiger charge is 2.35. The smallest absolute Gasteiger partial charge is 0.418 e. The van der Waals surface area contributed by atoms with Crippen LogP contribution >= 0.6 is 0 Å². The number of aromatic carboxylic acids is 1. The second-order valence-electron chi connectivity index (χ2n) is 3.30. The Morgan fingerprint density at radius 2 is 2.11 bits per heavy atom. The van der Waals surface area contributed by atoms with E-state index in [9.17, 15) is 18.0 Å². The van der Waals surface area contributed by atoms with Gasteiger partial charge in [0.2, 0.25) is 0 Å². The van der Waals surface area contributed by atoms with E-state index in [1.165, 1.54) is 0 Å². The molecule has 8 heteroatoms. The first-order chi connectivity index (χ1) is 8.39. The highest BCUT2D eigenvalue weighted by molar-refractivity contribution is 5.86. The second kappa shape index (κ2) is 4.13. The van der Waals surface area contributed by atoms with Gasteiger partial charge < -0.3 is 9.63 Å². The van der Waals surface area contributed by atoms with Crippen LogP contribution in [0.15, 0.2) is 29.0 Å². The third kappa shape index (κ3) is 2.17. The van der Waals surface area contributed by atoms with Gasteiger partial charge in [-0.1, -0.05) is 5.16 Å². The Morgan fingerprint density at radius 3 is 2.67 bits per heavy atom. The van der Waals surface area contributed by atoms with Gasteiger partial charge >= 0.3 is 12.1 Å². The number of nitrogens with zero attached hydrogens (tertiary/aromatic N) is 2. The van der Waals surface area contributed by atoms with E-state index < -0.39 is 23.4 Å². The van der Waals surface area contributed by atoms with Crippen molar-refractivity contribution in [2.75, 3.05) is 0 Å². The van der Waals surface area contributed by atoms with Crippen LogP contribution in [0, 0.1) is 0 Å². The minimum absolute atomic E-state index is 0.276. The summed E-state index contributed by atoms with van der Waals surface area (Å²) in [5, 5.41) is 11.8. The lowest BCUT2D eigenvalue weighted by Crippen LogP contribution is -2.07. The van der Waals surface area contributed by atoms with Crippen LogP contribution in [0.3, 0.4) is 0 Å². The van der Waals surface area contributed by atoms with Crippen LogP contribution in [0.4, 0.5) is 13.2 Å². The first kappa shape index (κ1) is 12.1. The van der Waals surface area contributed by atoms with E-state index in [-0.39, 0.29) is 11.3 Å². The zero-order valence-corrected chi connectivity index (χ0v) is 8.60. The lowest BCUT2D eigenvalue weighted by molar-refractivity contribution is -0.137. The molecular weight excluding hydrogens is 253 g/mol. The maximum atomic E-state index is 12.7. The Kier molecular flexibility index (Phi) is 2.77. The molecule has 0 bridgehead atoms. The van der Waals surface area contributed by atoms with E-state index >= 15 is 0 Å². The Balaban J connectivity index is 2.53. The van der Waals surface area contributed by atoms with Crippen LogP contribution in [-0.2, 0) is 6.18 Å². The summed E-state index contributed by atoms with van der Waals surface area (Å²) in [7, 11) is 0. The zero-order chi connectivity index (χ0) is 13.3. The van der Waals surface area contributed by atoms with Crippen molar-refractivity contribution in [2.45, 2.75) is 6.18 Å². The van der Waals surface area contributed by atoms with Gasteiger partial charge in [-0.3, -0.25) is 4.98 Å². The van der Waals surface area contributed by atoms with Crippen molar-refractivity contribution in [1.82, 2.24) is 10.1 Å². The standard InChI is InChI=1S/C10H5F3N2O3/c11-10(12,13)6-4-14-2-1-5(6)8-3-7(9(16)17)15-18-8/h1-4H,(H,16,17). The van der Waals surface area contributed by atoms with Crippen LogP contribution in [-0.4, -0.2) is 21.2 Å². The normalized spacial score (nSPS) is 11.5. The average Bonchev–Trinajstić information content (AvgIpc) is 2.77. The summed E-state index contributed by atoms with van der Waals surface area (Å²) >= 11 is 0.